The molecule has 0 spiro atoms. The minimum Gasteiger partial charge on any atom is -0.492 e. The van der Waals surface area contributed by atoms with Gasteiger partial charge in [-0.05, 0) is 42.7 Å². The first-order valence-corrected chi connectivity index (χ1v) is 11.1. The molecule has 6 nitrogen and oxygen atoms in total. The van der Waals surface area contributed by atoms with Crippen LogP contribution in [-0.4, -0.2) is 73.3 Å². The molecule has 1 fully saturated rings. The topological polar surface area (TPSA) is 71.0 Å². The zero-order valence-corrected chi connectivity index (χ0v) is 19.1. The van der Waals surface area contributed by atoms with Crippen molar-refractivity contribution in [2.24, 2.45) is 0 Å². The number of halogens is 2. The standard InChI is InChI=1S/C25H32F2N2O4/c1-18(30)23(25(2,31)24(26)27)28-17-19-3-5-20(6-4-19)21-7-9-22(10-8-21)33-16-13-29-11-14-32-15-12-29/h3-10,23-24,28,31H,11-17H2,1-2H3/t23-,25+/m1/s1. The third-order valence-corrected chi connectivity index (χ3v) is 5.86. The summed E-state index contributed by atoms with van der Waals surface area (Å²) in [6, 6.07) is 14.1. The molecule has 180 valence electrons. The van der Waals surface area contributed by atoms with Crippen molar-refractivity contribution in [3.8, 4) is 16.9 Å². The molecule has 33 heavy (non-hydrogen) atoms. The van der Waals surface area contributed by atoms with E-state index in [0.29, 0.717) is 6.61 Å². The fraction of sp³-hybridized carbons (Fsp3) is 0.480. The molecule has 0 amide bonds. The quantitative estimate of drug-likeness (QED) is 0.535. The Morgan fingerprint density at radius 3 is 2.24 bits per heavy atom. The van der Waals surface area contributed by atoms with Crippen LogP contribution in [-0.2, 0) is 16.1 Å². The molecule has 2 N–H and O–H groups in total. The number of ether oxygens (including phenoxy) is 2. The van der Waals surface area contributed by atoms with Gasteiger partial charge < -0.3 is 19.9 Å². The maximum atomic E-state index is 13.1. The zero-order chi connectivity index (χ0) is 23.8. The Balaban J connectivity index is 1.52. The predicted molar refractivity (Wildman–Crippen MR) is 123 cm³/mol. The number of alkyl halides is 2. The first-order valence-electron chi connectivity index (χ1n) is 11.1. The van der Waals surface area contributed by atoms with Crippen molar-refractivity contribution in [3.63, 3.8) is 0 Å². The van der Waals surface area contributed by atoms with Crippen molar-refractivity contribution in [3.05, 3.63) is 54.1 Å². The van der Waals surface area contributed by atoms with Crippen molar-refractivity contribution < 1.29 is 28.2 Å². The van der Waals surface area contributed by atoms with Crippen molar-refractivity contribution in [2.45, 2.75) is 38.5 Å². The normalized spacial score (nSPS) is 17.5. The highest BCUT2D eigenvalue weighted by Crippen LogP contribution is 2.24. The van der Waals surface area contributed by atoms with E-state index in [1.165, 1.54) is 6.92 Å². The fourth-order valence-corrected chi connectivity index (χ4v) is 3.78. The Hall–Kier alpha value is -2.39. The van der Waals surface area contributed by atoms with Gasteiger partial charge in [0, 0.05) is 26.2 Å². The Bertz CT molecular complexity index is 882. The van der Waals surface area contributed by atoms with Gasteiger partial charge in [-0.3, -0.25) is 9.69 Å². The van der Waals surface area contributed by atoms with Gasteiger partial charge in [-0.15, -0.1) is 0 Å². The van der Waals surface area contributed by atoms with Crippen molar-refractivity contribution in [1.82, 2.24) is 10.2 Å². The highest BCUT2D eigenvalue weighted by atomic mass is 19.3. The number of ketones is 1. The number of hydrogen-bond donors (Lipinski definition) is 2. The molecule has 2 aromatic carbocycles. The number of nitrogens with zero attached hydrogens (tertiary/aromatic N) is 1. The maximum Gasteiger partial charge on any atom is 0.268 e. The lowest BCUT2D eigenvalue weighted by molar-refractivity contribution is -0.139. The Morgan fingerprint density at radius 2 is 1.70 bits per heavy atom. The van der Waals surface area contributed by atoms with Crippen molar-refractivity contribution in [2.75, 3.05) is 39.5 Å². The average molecular weight is 463 g/mol. The maximum absolute atomic E-state index is 13.1. The van der Waals surface area contributed by atoms with E-state index in [1.807, 2.05) is 48.5 Å². The summed E-state index contributed by atoms with van der Waals surface area (Å²) in [5, 5.41) is 12.7. The molecule has 0 saturated carbocycles. The lowest BCUT2D eigenvalue weighted by atomic mass is 9.93. The van der Waals surface area contributed by atoms with Crippen LogP contribution in [0, 0.1) is 0 Å². The molecule has 2 aromatic rings. The van der Waals surface area contributed by atoms with Gasteiger partial charge >= 0.3 is 0 Å². The molecule has 1 heterocycles. The van der Waals surface area contributed by atoms with E-state index in [-0.39, 0.29) is 6.54 Å². The van der Waals surface area contributed by atoms with E-state index in [1.54, 1.807) is 0 Å². The minimum absolute atomic E-state index is 0.184. The second kappa shape index (κ2) is 11.7. The third-order valence-electron chi connectivity index (χ3n) is 5.86. The molecule has 0 aliphatic carbocycles. The number of nitrogens with one attached hydrogen (secondary N) is 1. The van der Waals surface area contributed by atoms with E-state index in [0.717, 1.165) is 62.2 Å². The number of carbonyl (C=O) groups is 1. The highest BCUT2D eigenvalue weighted by Gasteiger charge is 2.43. The van der Waals surface area contributed by atoms with Gasteiger partial charge in [-0.25, -0.2) is 8.78 Å². The van der Waals surface area contributed by atoms with E-state index in [4.69, 9.17) is 9.47 Å². The lowest BCUT2D eigenvalue weighted by Crippen LogP contribution is -2.56. The van der Waals surface area contributed by atoms with E-state index >= 15 is 0 Å². The Labute approximate surface area is 193 Å². The summed E-state index contributed by atoms with van der Waals surface area (Å²) in [7, 11) is 0. The van der Waals surface area contributed by atoms with Crippen LogP contribution in [0.5, 0.6) is 5.75 Å². The largest absolute Gasteiger partial charge is 0.492 e. The zero-order valence-electron chi connectivity index (χ0n) is 19.1. The minimum atomic E-state index is -3.03. The molecule has 0 aromatic heterocycles. The molecule has 0 radical (unpaired) electrons. The van der Waals surface area contributed by atoms with Crippen LogP contribution < -0.4 is 10.1 Å². The summed E-state index contributed by atoms with van der Waals surface area (Å²) in [4.78, 5) is 14.1. The number of carbonyl (C=O) groups excluding carboxylic acids is 1. The highest BCUT2D eigenvalue weighted by molar-refractivity contribution is 5.82. The molecule has 1 aliphatic heterocycles. The molecular weight excluding hydrogens is 430 g/mol. The number of morpholine rings is 1. The smallest absolute Gasteiger partial charge is 0.268 e. The van der Waals surface area contributed by atoms with Gasteiger partial charge in [0.05, 0.1) is 13.2 Å². The first-order chi connectivity index (χ1) is 15.8. The number of aliphatic hydroxyl groups is 1. The lowest BCUT2D eigenvalue weighted by Gasteiger charge is -2.31. The van der Waals surface area contributed by atoms with Crippen LogP contribution in [0.4, 0.5) is 8.78 Å². The van der Waals surface area contributed by atoms with Gasteiger partial charge in [0.25, 0.3) is 6.43 Å². The van der Waals surface area contributed by atoms with Crippen LogP contribution >= 0.6 is 0 Å². The Kier molecular flexibility index (Phi) is 8.91. The summed E-state index contributed by atoms with van der Waals surface area (Å²) in [6.45, 7) is 7.27. The van der Waals surface area contributed by atoms with Crippen LogP contribution in [0.25, 0.3) is 11.1 Å². The molecule has 0 unspecified atom stereocenters. The third kappa shape index (κ3) is 7.04. The van der Waals surface area contributed by atoms with Gasteiger partial charge in [0.15, 0.2) is 0 Å². The van der Waals surface area contributed by atoms with Crippen molar-refractivity contribution in [1.29, 1.82) is 0 Å². The summed E-state index contributed by atoms with van der Waals surface area (Å²) in [5.41, 5.74) is 0.411. The van der Waals surface area contributed by atoms with Crippen molar-refractivity contribution >= 4 is 5.78 Å². The monoisotopic (exact) mass is 462 g/mol. The number of Topliss-reactive ketones (excluding diaryl/α,β-unsaturated/α-hetero) is 1. The second-order valence-electron chi connectivity index (χ2n) is 8.47. The predicted octanol–water partition coefficient (Wildman–Crippen LogP) is 3.13. The number of hydrogen-bond acceptors (Lipinski definition) is 6. The van der Waals surface area contributed by atoms with E-state index in [9.17, 15) is 18.7 Å². The second-order valence-corrected chi connectivity index (χ2v) is 8.47. The molecule has 2 atom stereocenters. The van der Waals surface area contributed by atoms with Crippen LogP contribution in [0.1, 0.15) is 19.4 Å². The summed E-state index contributed by atoms with van der Waals surface area (Å²) < 4.78 is 37.4. The van der Waals surface area contributed by atoms with Crippen LogP contribution in [0.15, 0.2) is 48.5 Å². The van der Waals surface area contributed by atoms with Gasteiger partial charge in [-0.2, -0.15) is 0 Å². The average Bonchev–Trinajstić information content (AvgIpc) is 2.80. The van der Waals surface area contributed by atoms with E-state index < -0.39 is 23.9 Å². The molecule has 8 heteroatoms. The van der Waals surface area contributed by atoms with E-state index in [2.05, 4.69) is 10.2 Å². The molecular formula is C25H32F2N2O4. The molecule has 3 rings (SSSR count). The Morgan fingerprint density at radius 1 is 1.12 bits per heavy atom. The molecule has 0 bridgehead atoms. The summed E-state index contributed by atoms with van der Waals surface area (Å²) in [6.07, 6.45) is -3.03. The number of benzene rings is 2. The van der Waals surface area contributed by atoms with Gasteiger partial charge in [-0.1, -0.05) is 36.4 Å². The van der Waals surface area contributed by atoms with Crippen LogP contribution in [0.3, 0.4) is 0 Å². The van der Waals surface area contributed by atoms with Gasteiger partial charge in [0.2, 0.25) is 0 Å². The first kappa shape index (κ1) is 25.2. The fourth-order valence-electron chi connectivity index (χ4n) is 3.78. The van der Waals surface area contributed by atoms with Crippen LogP contribution in [0.2, 0.25) is 0 Å². The molecule has 1 aliphatic rings. The SMILES string of the molecule is CC(=O)[C@@H](NCc1ccc(-c2ccc(OCCN3CCOCC3)cc2)cc1)[C@](C)(O)C(F)F. The summed E-state index contributed by atoms with van der Waals surface area (Å²) >= 11 is 0. The van der Waals surface area contributed by atoms with Gasteiger partial charge in [0.1, 0.15) is 29.8 Å². The summed E-state index contributed by atoms with van der Waals surface area (Å²) in [5.74, 6) is 0.276. The molecule has 1 saturated heterocycles. The number of rotatable bonds is 11.